The van der Waals surface area contributed by atoms with E-state index in [1.54, 1.807) is 0 Å². The predicted octanol–water partition coefficient (Wildman–Crippen LogP) is 2.73. The second-order valence-corrected chi connectivity index (χ2v) is 2.67. The lowest BCUT2D eigenvalue weighted by Crippen LogP contribution is -2.24. The molecule has 0 bridgehead atoms. The first-order chi connectivity index (χ1) is 4.85. The third kappa shape index (κ3) is 4.80. The van der Waals surface area contributed by atoms with Crippen molar-refractivity contribution < 1.29 is 0 Å². The first kappa shape index (κ1) is 9.96. The predicted molar refractivity (Wildman–Crippen MR) is 46.7 cm³/mol. The molecule has 1 nitrogen and oxygen atoms in total. The van der Waals surface area contributed by atoms with E-state index < -0.39 is 0 Å². The van der Waals surface area contributed by atoms with Gasteiger partial charge in [-0.25, -0.2) is 0 Å². The molecule has 0 aromatic heterocycles. The van der Waals surface area contributed by atoms with E-state index in [1.807, 2.05) is 0 Å². The van der Waals surface area contributed by atoms with Crippen molar-refractivity contribution in [1.82, 2.24) is 5.32 Å². The fourth-order valence-corrected chi connectivity index (χ4v) is 0.919. The zero-order valence-electron chi connectivity index (χ0n) is 7.48. The van der Waals surface area contributed by atoms with Gasteiger partial charge in [-0.1, -0.05) is 27.2 Å². The van der Waals surface area contributed by atoms with Crippen molar-refractivity contribution in [2.24, 2.45) is 0 Å². The monoisotopic (exact) mass is 142 g/mol. The molecule has 1 N–H and O–H groups in total. The molecule has 1 radical (unpaired) electrons. The van der Waals surface area contributed by atoms with Gasteiger partial charge >= 0.3 is 0 Å². The molecule has 0 aliphatic heterocycles. The smallest absolute Gasteiger partial charge is 0.0223 e. The Kier molecular flexibility index (Phi) is 7.04. The Morgan fingerprint density at radius 2 is 1.80 bits per heavy atom. The largest absolute Gasteiger partial charge is 0.310 e. The summed E-state index contributed by atoms with van der Waals surface area (Å²) in [5.41, 5.74) is 0. The highest BCUT2D eigenvalue weighted by Gasteiger charge is 1.99. The van der Waals surface area contributed by atoms with Crippen molar-refractivity contribution in [3.8, 4) is 0 Å². The summed E-state index contributed by atoms with van der Waals surface area (Å²) in [6, 6.07) is 0.701. The lowest BCUT2D eigenvalue weighted by Gasteiger charge is -2.12. The van der Waals surface area contributed by atoms with E-state index in [4.69, 9.17) is 0 Å². The number of hydrogen-bond donors (Lipinski definition) is 1. The van der Waals surface area contributed by atoms with Gasteiger partial charge < -0.3 is 5.32 Å². The second-order valence-electron chi connectivity index (χ2n) is 2.67. The molecule has 1 heteroatoms. The molecule has 0 fully saturated rings. The van der Waals surface area contributed by atoms with E-state index in [-0.39, 0.29) is 0 Å². The molecule has 0 aliphatic rings. The van der Waals surface area contributed by atoms with Gasteiger partial charge in [0.1, 0.15) is 0 Å². The summed E-state index contributed by atoms with van der Waals surface area (Å²) in [5, 5.41) is 3.40. The van der Waals surface area contributed by atoms with Crippen LogP contribution in [-0.4, -0.2) is 6.04 Å². The van der Waals surface area contributed by atoms with E-state index in [0.29, 0.717) is 6.04 Å². The minimum absolute atomic E-state index is 0.701. The topological polar surface area (TPSA) is 12.0 Å². The van der Waals surface area contributed by atoms with Gasteiger partial charge in [-0.3, -0.25) is 0 Å². The van der Waals surface area contributed by atoms with Crippen molar-refractivity contribution in [3.63, 3.8) is 0 Å². The Bertz CT molecular complexity index is 57.7. The number of rotatable bonds is 6. The van der Waals surface area contributed by atoms with Gasteiger partial charge in [-0.05, 0) is 19.3 Å². The Hall–Kier alpha value is -0.0400. The van der Waals surface area contributed by atoms with Crippen molar-refractivity contribution in [1.29, 1.82) is 0 Å². The molecule has 0 aromatic carbocycles. The lowest BCUT2D eigenvalue weighted by atomic mass is 10.1. The van der Waals surface area contributed by atoms with Crippen LogP contribution >= 0.6 is 0 Å². The van der Waals surface area contributed by atoms with Crippen LogP contribution in [0.5, 0.6) is 0 Å². The average molecular weight is 142 g/mol. The van der Waals surface area contributed by atoms with Crippen molar-refractivity contribution in [2.45, 2.75) is 52.5 Å². The maximum absolute atomic E-state index is 3.40. The zero-order valence-corrected chi connectivity index (χ0v) is 7.48. The Morgan fingerprint density at radius 1 is 1.20 bits per heavy atom. The van der Waals surface area contributed by atoms with E-state index in [9.17, 15) is 0 Å². The molecule has 0 aromatic rings. The molecule has 0 atom stereocenters. The van der Waals surface area contributed by atoms with E-state index >= 15 is 0 Å². The molecule has 0 saturated heterocycles. The SMILES string of the molecule is CCC[CH]NC(CC)CC. The van der Waals surface area contributed by atoms with E-state index in [1.165, 1.54) is 25.7 Å². The summed E-state index contributed by atoms with van der Waals surface area (Å²) in [6.07, 6.45) is 4.90. The lowest BCUT2D eigenvalue weighted by molar-refractivity contribution is 0.516. The fraction of sp³-hybridized carbons (Fsp3) is 0.889. The molecule has 61 valence electrons. The minimum Gasteiger partial charge on any atom is -0.310 e. The average Bonchev–Trinajstić information content (AvgIpc) is 1.99. The van der Waals surface area contributed by atoms with Crippen LogP contribution in [0.15, 0.2) is 0 Å². The van der Waals surface area contributed by atoms with Crippen LogP contribution < -0.4 is 5.32 Å². The summed E-state index contributed by atoms with van der Waals surface area (Å²) >= 11 is 0. The highest BCUT2D eigenvalue weighted by atomic mass is 14.9. The molecule has 0 amide bonds. The van der Waals surface area contributed by atoms with Crippen molar-refractivity contribution in [3.05, 3.63) is 6.54 Å². The molecular formula is C9H20N. The summed E-state index contributed by atoms with van der Waals surface area (Å²) in [7, 11) is 0. The Labute approximate surface area is 65.2 Å². The normalized spacial score (nSPS) is 10.8. The number of hydrogen-bond acceptors (Lipinski definition) is 1. The molecule has 0 spiro atoms. The van der Waals surface area contributed by atoms with Crippen LogP contribution in [0.25, 0.3) is 0 Å². The molecule has 0 aliphatic carbocycles. The van der Waals surface area contributed by atoms with Gasteiger partial charge in [-0.2, -0.15) is 0 Å². The fourth-order valence-electron chi connectivity index (χ4n) is 0.919. The Morgan fingerprint density at radius 3 is 2.20 bits per heavy atom. The molecule has 0 rings (SSSR count). The van der Waals surface area contributed by atoms with Gasteiger partial charge in [0.25, 0.3) is 0 Å². The van der Waals surface area contributed by atoms with Crippen LogP contribution in [0, 0.1) is 6.54 Å². The molecule has 0 heterocycles. The highest BCUT2D eigenvalue weighted by Crippen LogP contribution is 1.98. The first-order valence-corrected chi connectivity index (χ1v) is 4.42. The molecule has 10 heavy (non-hydrogen) atoms. The number of unbranched alkanes of at least 4 members (excludes halogenated alkanes) is 1. The summed E-state index contributed by atoms with van der Waals surface area (Å²) < 4.78 is 0. The van der Waals surface area contributed by atoms with Gasteiger partial charge in [0, 0.05) is 12.6 Å². The van der Waals surface area contributed by atoms with Crippen molar-refractivity contribution >= 4 is 0 Å². The first-order valence-electron chi connectivity index (χ1n) is 4.42. The number of nitrogens with one attached hydrogen (secondary N) is 1. The van der Waals surface area contributed by atoms with E-state index in [0.717, 1.165) is 0 Å². The molecule has 0 saturated carbocycles. The minimum atomic E-state index is 0.701. The van der Waals surface area contributed by atoms with Crippen LogP contribution in [0.1, 0.15) is 46.5 Å². The summed E-state index contributed by atoms with van der Waals surface area (Å²) in [4.78, 5) is 0. The zero-order chi connectivity index (χ0) is 7.82. The van der Waals surface area contributed by atoms with Crippen LogP contribution in [0.3, 0.4) is 0 Å². The quantitative estimate of drug-likeness (QED) is 0.562. The third-order valence-corrected chi connectivity index (χ3v) is 1.77. The maximum atomic E-state index is 3.40. The maximum Gasteiger partial charge on any atom is 0.0223 e. The van der Waals surface area contributed by atoms with Gasteiger partial charge in [0.15, 0.2) is 0 Å². The Balaban J connectivity index is 3.09. The van der Waals surface area contributed by atoms with Gasteiger partial charge in [-0.15, -0.1) is 0 Å². The van der Waals surface area contributed by atoms with Crippen LogP contribution in [-0.2, 0) is 0 Å². The van der Waals surface area contributed by atoms with Crippen LogP contribution in [0.2, 0.25) is 0 Å². The standard InChI is InChI=1S/C9H20N/c1-4-7-8-10-9(5-2)6-3/h8-10H,4-7H2,1-3H3. The summed E-state index contributed by atoms with van der Waals surface area (Å²) in [5.74, 6) is 0. The summed E-state index contributed by atoms with van der Waals surface area (Å²) in [6.45, 7) is 8.84. The molecular weight excluding hydrogens is 122 g/mol. The van der Waals surface area contributed by atoms with Crippen molar-refractivity contribution in [2.75, 3.05) is 0 Å². The molecule has 0 unspecified atom stereocenters. The van der Waals surface area contributed by atoms with Crippen LogP contribution in [0.4, 0.5) is 0 Å². The second kappa shape index (κ2) is 7.07. The van der Waals surface area contributed by atoms with Gasteiger partial charge in [0.2, 0.25) is 0 Å². The highest BCUT2D eigenvalue weighted by molar-refractivity contribution is 4.69. The third-order valence-electron chi connectivity index (χ3n) is 1.77. The van der Waals surface area contributed by atoms with Gasteiger partial charge in [0.05, 0.1) is 0 Å². The van der Waals surface area contributed by atoms with E-state index in [2.05, 4.69) is 32.6 Å².